The van der Waals surface area contributed by atoms with Crippen LogP contribution in [0.1, 0.15) is 31.9 Å². The maximum absolute atomic E-state index is 5.56. The number of benzene rings is 1. The zero-order valence-corrected chi connectivity index (χ0v) is 15.6. The number of aliphatic imine (C=N–C) groups is 1. The number of hydrogen-bond acceptors (Lipinski definition) is 3. The SMILES string of the molecule is CCNC(=NCCN(C)C(C)C)NCCc1ccc2c(c1)CCO2. The highest BCUT2D eigenvalue weighted by Gasteiger charge is 2.11. The van der Waals surface area contributed by atoms with Crippen LogP contribution in [0.15, 0.2) is 23.2 Å². The molecule has 0 unspecified atom stereocenters. The molecule has 134 valence electrons. The molecule has 2 rings (SSSR count). The Kier molecular flexibility index (Phi) is 7.37. The van der Waals surface area contributed by atoms with Gasteiger partial charge in [0, 0.05) is 32.1 Å². The molecule has 2 N–H and O–H groups in total. The fraction of sp³-hybridized carbons (Fsp3) is 0.632. The average Bonchev–Trinajstić information content (AvgIpc) is 3.02. The van der Waals surface area contributed by atoms with Crippen molar-refractivity contribution in [2.24, 2.45) is 4.99 Å². The van der Waals surface area contributed by atoms with Crippen LogP contribution < -0.4 is 15.4 Å². The second-order valence-corrected chi connectivity index (χ2v) is 6.55. The lowest BCUT2D eigenvalue weighted by Gasteiger charge is -2.20. The van der Waals surface area contributed by atoms with Crippen LogP contribution in [0.5, 0.6) is 5.75 Å². The Morgan fingerprint density at radius 1 is 1.33 bits per heavy atom. The maximum atomic E-state index is 5.56. The van der Waals surface area contributed by atoms with E-state index in [-0.39, 0.29) is 0 Å². The van der Waals surface area contributed by atoms with E-state index < -0.39 is 0 Å². The van der Waals surface area contributed by atoms with Gasteiger partial charge in [-0.3, -0.25) is 4.99 Å². The van der Waals surface area contributed by atoms with Crippen LogP contribution in [0, 0.1) is 0 Å². The van der Waals surface area contributed by atoms with Gasteiger partial charge in [0.2, 0.25) is 0 Å². The van der Waals surface area contributed by atoms with Crippen molar-refractivity contribution in [3.63, 3.8) is 0 Å². The lowest BCUT2D eigenvalue weighted by molar-refractivity contribution is 0.282. The van der Waals surface area contributed by atoms with Gasteiger partial charge in [0.05, 0.1) is 13.2 Å². The predicted molar refractivity (Wildman–Crippen MR) is 101 cm³/mol. The molecule has 1 aromatic rings. The van der Waals surface area contributed by atoms with Crippen molar-refractivity contribution in [3.05, 3.63) is 29.3 Å². The lowest BCUT2D eigenvalue weighted by Crippen LogP contribution is -2.39. The fourth-order valence-corrected chi connectivity index (χ4v) is 2.64. The minimum atomic E-state index is 0.555. The van der Waals surface area contributed by atoms with Gasteiger partial charge in [0.1, 0.15) is 5.75 Å². The number of hydrogen-bond donors (Lipinski definition) is 2. The van der Waals surface area contributed by atoms with Gasteiger partial charge in [-0.1, -0.05) is 12.1 Å². The van der Waals surface area contributed by atoms with Gasteiger partial charge in [-0.2, -0.15) is 0 Å². The number of likely N-dealkylation sites (N-methyl/N-ethyl adjacent to an activating group) is 1. The molecule has 0 saturated carbocycles. The van der Waals surface area contributed by atoms with Crippen LogP contribution in [0.2, 0.25) is 0 Å². The third kappa shape index (κ3) is 5.71. The Morgan fingerprint density at radius 3 is 2.92 bits per heavy atom. The van der Waals surface area contributed by atoms with Crippen molar-refractivity contribution in [2.75, 3.05) is 39.8 Å². The van der Waals surface area contributed by atoms with E-state index in [9.17, 15) is 0 Å². The summed E-state index contributed by atoms with van der Waals surface area (Å²) in [4.78, 5) is 6.96. The van der Waals surface area contributed by atoms with E-state index in [2.05, 4.69) is 66.5 Å². The monoisotopic (exact) mass is 332 g/mol. The molecule has 0 bridgehead atoms. The largest absolute Gasteiger partial charge is 0.493 e. The van der Waals surface area contributed by atoms with E-state index in [1.165, 1.54) is 11.1 Å². The van der Waals surface area contributed by atoms with Crippen LogP contribution >= 0.6 is 0 Å². The zero-order chi connectivity index (χ0) is 17.4. The number of nitrogens with one attached hydrogen (secondary N) is 2. The molecular formula is C19H32N4O. The summed E-state index contributed by atoms with van der Waals surface area (Å²) in [6.45, 7) is 10.9. The summed E-state index contributed by atoms with van der Waals surface area (Å²) in [6, 6.07) is 7.08. The van der Waals surface area contributed by atoms with Crippen molar-refractivity contribution in [1.29, 1.82) is 0 Å². The van der Waals surface area contributed by atoms with Crippen LogP contribution in [-0.2, 0) is 12.8 Å². The van der Waals surface area contributed by atoms with E-state index >= 15 is 0 Å². The molecule has 1 heterocycles. The number of nitrogens with zero attached hydrogens (tertiary/aromatic N) is 2. The van der Waals surface area contributed by atoms with Crippen molar-refractivity contribution in [2.45, 2.75) is 39.7 Å². The summed E-state index contributed by atoms with van der Waals surface area (Å²) in [5, 5.41) is 6.74. The first-order valence-corrected chi connectivity index (χ1v) is 9.07. The maximum Gasteiger partial charge on any atom is 0.191 e. The summed E-state index contributed by atoms with van der Waals surface area (Å²) < 4.78 is 5.56. The molecule has 1 aromatic carbocycles. The molecular weight excluding hydrogens is 300 g/mol. The molecule has 5 heteroatoms. The summed E-state index contributed by atoms with van der Waals surface area (Å²) in [5.41, 5.74) is 2.69. The van der Waals surface area contributed by atoms with Crippen LogP contribution in [0.25, 0.3) is 0 Å². The summed E-state index contributed by atoms with van der Waals surface area (Å²) >= 11 is 0. The molecule has 0 spiro atoms. The van der Waals surface area contributed by atoms with Crippen LogP contribution in [-0.4, -0.2) is 56.7 Å². The standard InChI is InChI=1S/C19H32N4O/c1-5-20-19(22-11-12-23(4)15(2)3)21-10-8-16-6-7-18-17(14-16)9-13-24-18/h6-7,14-15H,5,8-13H2,1-4H3,(H2,20,21,22). The molecule has 0 saturated heterocycles. The Hall–Kier alpha value is -1.75. The Morgan fingerprint density at radius 2 is 2.17 bits per heavy atom. The summed E-state index contributed by atoms with van der Waals surface area (Å²) in [7, 11) is 2.14. The van der Waals surface area contributed by atoms with Gasteiger partial charge < -0.3 is 20.3 Å². The van der Waals surface area contributed by atoms with Gasteiger partial charge in [-0.15, -0.1) is 0 Å². The van der Waals surface area contributed by atoms with Gasteiger partial charge in [0.25, 0.3) is 0 Å². The Bertz CT molecular complexity index is 542. The molecule has 0 atom stereocenters. The Balaban J connectivity index is 1.78. The summed E-state index contributed by atoms with van der Waals surface area (Å²) in [6.07, 6.45) is 2.02. The minimum absolute atomic E-state index is 0.555. The van der Waals surface area contributed by atoms with Gasteiger partial charge in [0.15, 0.2) is 5.96 Å². The molecule has 0 fully saturated rings. The molecule has 1 aliphatic heterocycles. The molecule has 24 heavy (non-hydrogen) atoms. The molecule has 0 aromatic heterocycles. The normalized spacial score (nSPS) is 14.0. The van der Waals surface area contributed by atoms with Gasteiger partial charge in [-0.05, 0) is 51.4 Å². The second-order valence-electron chi connectivity index (χ2n) is 6.55. The van der Waals surface area contributed by atoms with Crippen molar-refractivity contribution in [1.82, 2.24) is 15.5 Å². The molecule has 0 amide bonds. The molecule has 0 radical (unpaired) electrons. The number of ether oxygens (including phenoxy) is 1. The lowest BCUT2D eigenvalue weighted by atomic mass is 10.1. The molecule has 1 aliphatic rings. The van der Waals surface area contributed by atoms with Crippen LogP contribution in [0.4, 0.5) is 0 Å². The predicted octanol–water partition coefficient (Wildman–Crippen LogP) is 2.06. The van der Waals surface area contributed by atoms with Gasteiger partial charge in [-0.25, -0.2) is 0 Å². The smallest absolute Gasteiger partial charge is 0.191 e. The van der Waals surface area contributed by atoms with Crippen LogP contribution in [0.3, 0.4) is 0 Å². The van der Waals surface area contributed by atoms with E-state index in [0.29, 0.717) is 6.04 Å². The third-order valence-electron chi connectivity index (χ3n) is 4.41. The first-order valence-electron chi connectivity index (χ1n) is 9.07. The third-order valence-corrected chi connectivity index (χ3v) is 4.41. The molecule has 0 aliphatic carbocycles. The quantitative estimate of drug-likeness (QED) is 0.565. The molecule has 5 nitrogen and oxygen atoms in total. The Labute approximate surface area is 146 Å². The number of fused-ring (bicyclic) bond motifs is 1. The highest BCUT2D eigenvalue weighted by molar-refractivity contribution is 5.79. The van der Waals surface area contributed by atoms with Crippen molar-refractivity contribution < 1.29 is 4.74 Å². The highest BCUT2D eigenvalue weighted by Crippen LogP contribution is 2.25. The first kappa shape index (κ1) is 18.6. The second kappa shape index (κ2) is 9.52. The van der Waals surface area contributed by atoms with E-state index in [1.807, 2.05) is 0 Å². The van der Waals surface area contributed by atoms with E-state index in [4.69, 9.17) is 4.74 Å². The highest BCUT2D eigenvalue weighted by atomic mass is 16.5. The summed E-state index contributed by atoms with van der Waals surface area (Å²) in [5.74, 6) is 1.95. The van der Waals surface area contributed by atoms with E-state index in [0.717, 1.165) is 57.3 Å². The number of guanidine groups is 1. The van der Waals surface area contributed by atoms with Crippen molar-refractivity contribution in [3.8, 4) is 5.75 Å². The number of rotatable bonds is 8. The van der Waals surface area contributed by atoms with Gasteiger partial charge >= 0.3 is 0 Å². The first-order chi connectivity index (χ1) is 11.6. The minimum Gasteiger partial charge on any atom is -0.493 e. The van der Waals surface area contributed by atoms with E-state index in [1.54, 1.807) is 0 Å². The van der Waals surface area contributed by atoms with Crippen molar-refractivity contribution >= 4 is 5.96 Å². The topological polar surface area (TPSA) is 48.9 Å². The fourth-order valence-electron chi connectivity index (χ4n) is 2.64. The average molecular weight is 332 g/mol. The zero-order valence-electron chi connectivity index (χ0n) is 15.6.